The number of halogens is 2. The van der Waals surface area contributed by atoms with E-state index in [2.05, 4.69) is 21.0 Å². The number of aromatic nitrogens is 2. The molecule has 0 bridgehead atoms. The molecule has 1 aromatic heterocycles. The average molecular weight is 416 g/mol. The zero-order valence-corrected chi connectivity index (χ0v) is 16.1. The molecule has 0 saturated heterocycles. The van der Waals surface area contributed by atoms with Crippen molar-refractivity contribution >= 4 is 27.5 Å². The molecule has 0 aliphatic carbocycles. The second kappa shape index (κ2) is 6.84. The Balaban J connectivity index is 2.16. The van der Waals surface area contributed by atoms with Gasteiger partial charge in [-0.1, -0.05) is 35.9 Å². The summed E-state index contributed by atoms with van der Waals surface area (Å²) in [5.74, 6) is 0.249. The SMILES string of the molecule is CC(C)(C)n1ncc(OCc2ccc(C(N)(N)Br)cc2)c(Cl)c1=O. The fourth-order valence-electron chi connectivity index (χ4n) is 2.01. The predicted octanol–water partition coefficient (Wildman–Crippen LogP) is 2.65. The average Bonchev–Trinajstić information content (AvgIpc) is 2.47. The van der Waals surface area contributed by atoms with Gasteiger partial charge >= 0.3 is 0 Å². The molecule has 0 aliphatic heterocycles. The molecule has 0 aliphatic rings. The second-order valence-corrected chi connectivity index (χ2v) is 8.15. The minimum absolute atomic E-state index is 0.0138. The number of benzene rings is 1. The van der Waals surface area contributed by atoms with Crippen molar-refractivity contribution < 1.29 is 4.74 Å². The molecule has 1 aromatic carbocycles. The summed E-state index contributed by atoms with van der Waals surface area (Å²) in [5, 5.41) is 4.14. The Morgan fingerprint density at radius 2 is 1.83 bits per heavy atom. The van der Waals surface area contributed by atoms with Gasteiger partial charge in [0.25, 0.3) is 5.56 Å². The summed E-state index contributed by atoms with van der Waals surface area (Å²) in [4.78, 5) is 12.3. The topological polar surface area (TPSA) is 96.2 Å². The Kier molecular flexibility index (Phi) is 5.39. The van der Waals surface area contributed by atoms with Crippen molar-refractivity contribution in [1.29, 1.82) is 0 Å². The van der Waals surface area contributed by atoms with Gasteiger partial charge in [-0.2, -0.15) is 5.10 Å². The molecule has 0 unspecified atom stereocenters. The van der Waals surface area contributed by atoms with Gasteiger partial charge < -0.3 is 16.2 Å². The molecule has 0 radical (unpaired) electrons. The van der Waals surface area contributed by atoms with Crippen LogP contribution in [-0.2, 0) is 16.7 Å². The highest BCUT2D eigenvalue weighted by atomic mass is 79.9. The highest BCUT2D eigenvalue weighted by molar-refractivity contribution is 9.09. The highest BCUT2D eigenvalue weighted by Gasteiger charge is 2.20. The molecule has 130 valence electrons. The van der Waals surface area contributed by atoms with Gasteiger partial charge in [0.1, 0.15) is 11.2 Å². The van der Waals surface area contributed by atoms with Crippen molar-refractivity contribution in [3.05, 3.63) is 57.0 Å². The Labute approximate surface area is 153 Å². The van der Waals surface area contributed by atoms with E-state index in [-0.39, 0.29) is 22.9 Å². The predicted molar refractivity (Wildman–Crippen MR) is 98.3 cm³/mol. The molecule has 1 heterocycles. The summed E-state index contributed by atoms with van der Waals surface area (Å²) in [6, 6.07) is 7.27. The van der Waals surface area contributed by atoms with Crippen molar-refractivity contribution in [3.63, 3.8) is 0 Å². The third-order valence-corrected chi connectivity index (χ3v) is 4.12. The van der Waals surface area contributed by atoms with Gasteiger partial charge in [0.2, 0.25) is 0 Å². The maximum Gasteiger partial charge on any atom is 0.289 e. The first-order valence-corrected chi connectivity index (χ1v) is 8.44. The third-order valence-electron chi connectivity index (χ3n) is 3.31. The van der Waals surface area contributed by atoms with Gasteiger partial charge in [0.15, 0.2) is 10.8 Å². The quantitative estimate of drug-likeness (QED) is 0.454. The van der Waals surface area contributed by atoms with Crippen LogP contribution in [0.5, 0.6) is 5.75 Å². The molecule has 2 aromatic rings. The first-order chi connectivity index (χ1) is 11.0. The normalized spacial score (nSPS) is 12.3. The number of alkyl halides is 1. The van der Waals surface area contributed by atoms with Gasteiger partial charge in [0.05, 0.1) is 11.7 Å². The number of nitrogens with zero attached hydrogens (tertiary/aromatic N) is 2. The number of nitrogens with two attached hydrogens (primary N) is 2. The van der Waals surface area contributed by atoms with E-state index in [0.717, 1.165) is 11.1 Å². The van der Waals surface area contributed by atoms with Crippen molar-refractivity contribution in [1.82, 2.24) is 9.78 Å². The van der Waals surface area contributed by atoms with E-state index >= 15 is 0 Å². The van der Waals surface area contributed by atoms with Crippen LogP contribution in [0, 0.1) is 0 Å². The first kappa shape index (κ1) is 18.9. The molecule has 8 heteroatoms. The monoisotopic (exact) mass is 414 g/mol. The standard InChI is InChI=1S/C16H20BrClN4O2/c1-15(2,3)22-14(23)13(18)12(8-21-22)24-9-10-4-6-11(7-5-10)16(17,19)20/h4-8H,9,19-20H2,1-3H3. The first-order valence-electron chi connectivity index (χ1n) is 7.27. The molecule has 0 amide bonds. The van der Waals surface area contributed by atoms with Crippen molar-refractivity contribution in [2.45, 2.75) is 37.5 Å². The lowest BCUT2D eigenvalue weighted by Gasteiger charge is -2.21. The van der Waals surface area contributed by atoms with Crippen molar-refractivity contribution in [2.75, 3.05) is 0 Å². The maximum atomic E-state index is 12.3. The van der Waals surface area contributed by atoms with Crippen LogP contribution in [-0.4, -0.2) is 9.78 Å². The Bertz CT molecular complexity index is 777. The zero-order valence-electron chi connectivity index (χ0n) is 13.7. The molecule has 24 heavy (non-hydrogen) atoms. The van der Waals surface area contributed by atoms with Crippen molar-refractivity contribution in [2.24, 2.45) is 11.5 Å². The number of hydrogen-bond donors (Lipinski definition) is 2. The van der Waals surface area contributed by atoms with Crippen LogP contribution in [0.2, 0.25) is 5.02 Å². The molecule has 0 atom stereocenters. The molecular formula is C16H20BrClN4O2. The van der Waals surface area contributed by atoms with E-state index in [0.29, 0.717) is 0 Å². The molecule has 4 N–H and O–H groups in total. The van der Waals surface area contributed by atoms with Gasteiger partial charge in [-0.3, -0.25) is 4.79 Å². The van der Waals surface area contributed by atoms with Crippen LogP contribution < -0.4 is 21.8 Å². The van der Waals surface area contributed by atoms with Crippen LogP contribution in [0.25, 0.3) is 0 Å². The second-order valence-electron chi connectivity index (χ2n) is 6.46. The molecule has 0 spiro atoms. The summed E-state index contributed by atoms with van der Waals surface area (Å²) in [5.41, 5.74) is 12.3. The van der Waals surface area contributed by atoms with E-state index in [1.807, 2.05) is 32.9 Å². The van der Waals surface area contributed by atoms with Gasteiger partial charge in [-0.25, -0.2) is 4.68 Å². The Morgan fingerprint density at radius 3 is 2.33 bits per heavy atom. The summed E-state index contributed by atoms with van der Waals surface area (Å²) in [6.45, 7) is 5.86. The van der Waals surface area contributed by atoms with Crippen molar-refractivity contribution in [3.8, 4) is 5.75 Å². The van der Waals surface area contributed by atoms with Gasteiger partial charge in [-0.05, 0) is 47.8 Å². The Hall–Kier alpha value is -1.41. The molecule has 2 rings (SSSR count). The van der Waals surface area contributed by atoms with Gasteiger partial charge in [0, 0.05) is 0 Å². The largest absolute Gasteiger partial charge is 0.485 e. The lowest BCUT2D eigenvalue weighted by atomic mass is 10.1. The zero-order chi connectivity index (χ0) is 18.1. The fourth-order valence-corrected chi connectivity index (χ4v) is 2.46. The summed E-state index contributed by atoms with van der Waals surface area (Å²) < 4.78 is 5.87. The van der Waals surface area contributed by atoms with Gasteiger partial charge in [-0.15, -0.1) is 0 Å². The van der Waals surface area contributed by atoms with Crippen LogP contribution in [0.1, 0.15) is 31.9 Å². The van der Waals surface area contributed by atoms with Crippen LogP contribution >= 0.6 is 27.5 Å². The molecular weight excluding hydrogens is 396 g/mol. The van der Waals surface area contributed by atoms with E-state index in [9.17, 15) is 4.79 Å². The molecule has 6 nitrogen and oxygen atoms in total. The minimum atomic E-state index is -1.07. The maximum absolute atomic E-state index is 12.3. The lowest BCUT2D eigenvalue weighted by Crippen LogP contribution is -2.39. The fraction of sp³-hybridized carbons (Fsp3) is 0.375. The van der Waals surface area contributed by atoms with E-state index in [1.165, 1.54) is 10.9 Å². The number of ether oxygens (including phenoxy) is 1. The van der Waals surface area contributed by atoms with E-state index < -0.39 is 10.1 Å². The van der Waals surface area contributed by atoms with Crippen LogP contribution in [0.3, 0.4) is 0 Å². The summed E-state index contributed by atoms with van der Waals surface area (Å²) >= 11 is 9.31. The summed E-state index contributed by atoms with van der Waals surface area (Å²) in [7, 11) is 0. The number of rotatable bonds is 4. The van der Waals surface area contributed by atoms with Crippen LogP contribution in [0.15, 0.2) is 35.3 Å². The lowest BCUT2D eigenvalue weighted by molar-refractivity contribution is 0.292. The van der Waals surface area contributed by atoms with E-state index in [1.54, 1.807) is 12.1 Å². The highest BCUT2D eigenvalue weighted by Crippen LogP contribution is 2.23. The van der Waals surface area contributed by atoms with E-state index in [4.69, 9.17) is 27.8 Å². The number of hydrogen-bond acceptors (Lipinski definition) is 5. The van der Waals surface area contributed by atoms with Crippen LogP contribution in [0.4, 0.5) is 0 Å². The Morgan fingerprint density at radius 1 is 1.25 bits per heavy atom. The third kappa shape index (κ3) is 4.36. The summed E-state index contributed by atoms with van der Waals surface area (Å²) in [6.07, 6.45) is 1.45. The smallest absolute Gasteiger partial charge is 0.289 e. The minimum Gasteiger partial charge on any atom is -0.485 e. The molecule has 0 saturated carbocycles. The molecule has 0 fully saturated rings.